The van der Waals surface area contributed by atoms with Gasteiger partial charge in [0.15, 0.2) is 39.2 Å². The second-order valence-electron chi connectivity index (χ2n) is 13.7. The number of fused-ring (bicyclic) bond motifs is 6. The second-order valence-corrected chi connectivity index (χ2v) is 13.7. The van der Waals surface area contributed by atoms with Gasteiger partial charge in [-0.05, 0) is 54.0 Å². The predicted octanol–water partition coefficient (Wildman–Crippen LogP) is 10.3. The summed E-state index contributed by atoms with van der Waals surface area (Å²) >= 11 is 0. The van der Waals surface area contributed by atoms with E-state index in [1.54, 1.807) is 0 Å². The lowest BCUT2D eigenvalue weighted by atomic mass is 9.92. The van der Waals surface area contributed by atoms with Gasteiger partial charge in [-0.1, -0.05) is 90.9 Å². The number of nitrogens with zero attached hydrogens (tertiary/aromatic N) is 3. The highest BCUT2D eigenvalue weighted by atomic mass is 16.4. The Morgan fingerprint density at radius 1 is 0.841 bits per heavy atom. The standard InChI is InChI=1S/C39H42N3O2/c1-22(2)25-13-12-14-26(23(3)4)35(25)42-30-16-11-10-15-29(30)41(9)38(42)33-24(5)17-18-27-28-19-20-31-34(37(28)44-36(27)33)40-32(43-31)21-39(6,7)8/h10-20,22-23H,21H2,1-9H3/q+1/i21D2. The van der Waals surface area contributed by atoms with Gasteiger partial charge in [0.1, 0.15) is 11.3 Å². The van der Waals surface area contributed by atoms with Crippen molar-refractivity contribution in [3.63, 3.8) is 0 Å². The van der Waals surface area contributed by atoms with Gasteiger partial charge in [-0.3, -0.25) is 0 Å². The molecule has 0 spiro atoms. The summed E-state index contributed by atoms with van der Waals surface area (Å²) in [4.78, 5) is 4.73. The quantitative estimate of drug-likeness (QED) is 0.189. The van der Waals surface area contributed by atoms with Crippen LogP contribution in [0.25, 0.3) is 61.1 Å². The molecule has 0 saturated heterocycles. The molecule has 0 atom stereocenters. The van der Waals surface area contributed by atoms with Crippen LogP contribution in [0.4, 0.5) is 0 Å². The van der Waals surface area contributed by atoms with Crippen molar-refractivity contribution in [3.05, 3.63) is 89.3 Å². The molecule has 224 valence electrons. The summed E-state index contributed by atoms with van der Waals surface area (Å²) in [5.41, 5.74) is 9.94. The molecule has 0 aliphatic heterocycles. The minimum atomic E-state index is -1.77. The van der Waals surface area contributed by atoms with Gasteiger partial charge in [-0.15, -0.1) is 0 Å². The van der Waals surface area contributed by atoms with E-state index in [1.807, 2.05) is 32.9 Å². The molecule has 4 aromatic carbocycles. The lowest BCUT2D eigenvalue weighted by Crippen LogP contribution is -2.30. The monoisotopic (exact) mass is 586 g/mol. The maximum Gasteiger partial charge on any atom is 0.299 e. The van der Waals surface area contributed by atoms with Crippen molar-refractivity contribution in [1.29, 1.82) is 0 Å². The summed E-state index contributed by atoms with van der Waals surface area (Å²) in [7, 11) is 2.14. The van der Waals surface area contributed by atoms with E-state index in [4.69, 9.17) is 16.6 Å². The molecule has 3 aromatic heterocycles. The van der Waals surface area contributed by atoms with Crippen LogP contribution in [0.3, 0.4) is 0 Å². The van der Waals surface area contributed by atoms with Crippen LogP contribution in [0.2, 0.25) is 0 Å². The van der Waals surface area contributed by atoms with Crippen molar-refractivity contribution in [2.24, 2.45) is 12.5 Å². The first kappa shape index (κ1) is 26.1. The van der Waals surface area contributed by atoms with Crippen molar-refractivity contribution in [2.45, 2.75) is 73.6 Å². The minimum Gasteiger partial charge on any atom is -0.453 e. The number of aryl methyl sites for hydroxylation is 2. The number of rotatable bonds is 5. The molecule has 0 bridgehead atoms. The lowest BCUT2D eigenvalue weighted by molar-refractivity contribution is -0.633. The van der Waals surface area contributed by atoms with Crippen LogP contribution in [-0.2, 0) is 13.4 Å². The van der Waals surface area contributed by atoms with Crippen LogP contribution in [0.1, 0.15) is 85.6 Å². The van der Waals surface area contributed by atoms with Gasteiger partial charge < -0.3 is 8.83 Å². The minimum absolute atomic E-state index is 0.0670. The van der Waals surface area contributed by atoms with E-state index >= 15 is 0 Å². The number of oxazole rings is 1. The first-order valence-corrected chi connectivity index (χ1v) is 15.6. The molecule has 0 aliphatic rings. The third-order valence-corrected chi connectivity index (χ3v) is 8.66. The SMILES string of the molecule is [2H]C([2H])(c1nc2c(ccc3c4ccc(C)c(-c5n(-c6c(C(C)C)cccc6C(C)C)c6ccccc6[n+]5C)c4oc32)o1)C(C)(C)C. The third kappa shape index (κ3) is 4.36. The molecule has 3 heterocycles. The normalized spacial score (nSPS) is 13.7. The van der Waals surface area contributed by atoms with Crippen molar-refractivity contribution in [1.82, 2.24) is 9.55 Å². The first-order valence-electron chi connectivity index (χ1n) is 16.6. The molecule has 0 amide bonds. The fraction of sp³-hybridized carbons (Fsp3) is 0.333. The fourth-order valence-electron chi connectivity index (χ4n) is 6.63. The van der Waals surface area contributed by atoms with E-state index in [0.29, 0.717) is 28.5 Å². The summed E-state index contributed by atoms with van der Waals surface area (Å²) in [6.45, 7) is 16.8. The van der Waals surface area contributed by atoms with Crippen LogP contribution in [0.15, 0.2) is 75.6 Å². The molecule has 0 N–H and O–H groups in total. The zero-order valence-corrected chi connectivity index (χ0v) is 27.2. The Labute approximate surface area is 261 Å². The van der Waals surface area contributed by atoms with Gasteiger partial charge in [0.2, 0.25) is 0 Å². The van der Waals surface area contributed by atoms with Gasteiger partial charge >= 0.3 is 0 Å². The number of hydrogen-bond acceptors (Lipinski definition) is 3. The molecule has 0 aliphatic carbocycles. The maximum absolute atomic E-state index is 8.79. The fourth-order valence-corrected chi connectivity index (χ4v) is 6.63. The second kappa shape index (κ2) is 10.1. The third-order valence-electron chi connectivity index (χ3n) is 8.66. The van der Waals surface area contributed by atoms with Crippen molar-refractivity contribution < 1.29 is 16.1 Å². The van der Waals surface area contributed by atoms with Crippen molar-refractivity contribution in [2.75, 3.05) is 0 Å². The Morgan fingerprint density at radius 2 is 1.50 bits per heavy atom. The average molecular weight is 587 g/mol. The maximum atomic E-state index is 8.79. The molecule has 0 radical (unpaired) electrons. The molecule has 5 nitrogen and oxygen atoms in total. The molecule has 5 heteroatoms. The van der Waals surface area contributed by atoms with E-state index in [9.17, 15) is 0 Å². The number of aromatic nitrogens is 3. The number of para-hydroxylation sites is 3. The molecule has 0 saturated carbocycles. The molecule has 7 rings (SSSR count). The van der Waals surface area contributed by atoms with E-state index in [2.05, 4.69) is 105 Å². The number of furan rings is 1. The summed E-state index contributed by atoms with van der Waals surface area (Å²) in [5, 5.41) is 1.91. The molecule has 44 heavy (non-hydrogen) atoms. The van der Waals surface area contributed by atoms with Crippen LogP contribution < -0.4 is 4.57 Å². The van der Waals surface area contributed by atoms with Crippen LogP contribution >= 0.6 is 0 Å². The molecular formula is C39H42N3O2+. The first-order chi connectivity index (χ1) is 21.7. The highest BCUT2D eigenvalue weighted by molar-refractivity contribution is 6.15. The summed E-state index contributed by atoms with van der Waals surface area (Å²) in [6.07, 6.45) is -1.77. The van der Waals surface area contributed by atoms with Crippen molar-refractivity contribution >= 4 is 44.1 Å². The van der Waals surface area contributed by atoms with E-state index < -0.39 is 11.8 Å². The van der Waals surface area contributed by atoms with Crippen molar-refractivity contribution in [3.8, 4) is 17.1 Å². The highest BCUT2D eigenvalue weighted by Gasteiger charge is 2.33. The Balaban J connectivity index is 1.61. The highest BCUT2D eigenvalue weighted by Crippen LogP contribution is 2.43. The predicted molar refractivity (Wildman–Crippen MR) is 181 cm³/mol. The van der Waals surface area contributed by atoms with Gasteiger partial charge in [-0.25, -0.2) is 9.55 Å². The van der Waals surface area contributed by atoms with Crippen LogP contribution in [0.5, 0.6) is 0 Å². The summed E-state index contributed by atoms with van der Waals surface area (Å²) in [5.74, 6) is 1.75. The molecular weight excluding hydrogens is 542 g/mol. The van der Waals surface area contributed by atoms with E-state index in [0.717, 1.165) is 44.3 Å². The summed E-state index contributed by atoms with van der Waals surface area (Å²) in [6, 6.07) is 23.5. The largest absolute Gasteiger partial charge is 0.453 e. The number of hydrogen-bond donors (Lipinski definition) is 0. The number of imidazole rings is 1. The van der Waals surface area contributed by atoms with Crippen LogP contribution in [0, 0.1) is 12.3 Å². The molecule has 0 unspecified atom stereocenters. The molecule has 0 fully saturated rings. The zero-order valence-electron chi connectivity index (χ0n) is 29.2. The van der Waals surface area contributed by atoms with E-state index in [-0.39, 0.29) is 5.89 Å². The van der Waals surface area contributed by atoms with Gasteiger partial charge in [0, 0.05) is 31.0 Å². The Morgan fingerprint density at radius 3 is 2.18 bits per heavy atom. The molecule has 7 aromatic rings. The van der Waals surface area contributed by atoms with E-state index in [1.165, 1.54) is 16.8 Å². The van der Waals surface area contributed by atoms with Crippen LogP contribution in [-0.4, -0.2) is 9.55 Å². The Bertz CT molecular complexity index is 2290. The van der Waals surface area contributed by atoms with Gasteiger partial charge in [-0.2, -0.15) is 4.57 Å². The Hall–Kier alpha value is -4.38. The average Bonchev–Trinajstić information content (AvgIpc) is 3.68. The lowest BCUT2D eigenvalue weighted by Gasteiger charge is -2.18. The number of benzene rings is 4. The van der Waals surface area contributed by atoms with Gasteiger partial charge in [0.25, 0.3) is 5.82 Å². The van der Waals surface area contributed by atoms with Gasteiger partial charge in [0.05, 0.1) is 7.05 Å². The topological polar surface area (TPSA) is 48.0 Å². The Kier molecular flexibility index (Phi) is 5.97. The smallest absolute Gasteiger partial charge is 0.299 e. The summed E-state index contributed by atoms with van der Waals surface area (Å²) < 4.78 is 35.2. The zero-order chi connectivity index (χ0) is 32.9.